The third-order valence-electron chi connectivity index (χ3n) is 2.96. The van der Waals surface area contributed by atoms with Gasteiger partial charge in [-0.25, -0.2) is 4.98 Å². The van der Waals surface area contributed by atoms with Gasteiger partial charge in [-0.1, -0.05) is 18.5 Å². The van der Waals surface area contributed by atoms with Gasteiger partial charge >= 0.3 is 0 Å². The lowest BCUT2D eigenvalue weighted by Crippen LogP contribution is -2.13. The lowest BCUT2D eigenvalue weighted by molar-refractivity contribution is 0.174. The first kappa shape index (κ1) is 13.7. The van der Waals surface area contributed by atoms with Gasteiger partial charge in [-0.3, -0.25) is 0 Å². The zero-order valence-corrected chi connectivity index (χ0v) is 12.7. The number of benzene rings is 1. The standard InChI is InChI=1S/C14H15ClN2O2S/c1-2-3-16-6-10-7-20-14(17-10)9-4-11(15)13-12(5-9)18-8-19-13/h4-5,7,16H,2-3,6,8H2,1H3. The smallest absolute Gasteiger partial charge is 0.231 e. The zero-order chi connectivity index (χ0) is 13.9. The highest BCUT2D eigenvalue weighted by Crippen LogP contribution is 2.42. The topological polar surface area (TPSA) is 43.4 Å². The summed E-state index contributed by atoms with van der Waals surface area (Å²) in [6.07, 6.45) is 1.12. The fourth-order valence-electron chi connectivity index (χ4n) is 2.00. The molecule has 20 heavy (non-hydrogen) atoms. The van der Waals surface area contributed by atoms with E-state index >= 15 is 0 Å². The largest absolute Gasteiger partial charge is 0.454 e. The maximum Gasteiger partial charge on any atom is 0.231 e. The second kappa shape index (κ2) is 5.99. The first-order chi connectivity index (χ1) is 9.78. The van der Waals surface area contributed by atoms with Crippen molar-refractivity contribution in [2.75, 3.05) is 13.3 Å². The van der Waals surface area contributed by atoms with Gasteiger partial charge in [0.1, 0.15) is 5.01 Å². The first-order valence-electron chi connectivity index (χ1n) is 6.52. The van der Waals surface area contributed by atoms with E-state index in [4.69, 9.17) is 21.1 Å². The van der Waals surface area contributed by atoms with Crippen molar-refractivity contribution in [2.45, 2.75) is 19.9 Å². The van der Waals surface area contributed by atoms with Gasteiger partial charge in [0.15, 0.2) is 11.5 Å². The van der Waals surface area contributed by atoms with Crippen molar-refractivity contribution in [3.63, 3.8) is 0 Å². The van der Waals surface area contributed by atoms with Crippen molar-refractivity contribution in [3.8, 4) is 22.1 Å². The Morgan fingerprint density at radius 1 is 1.40 bits per heavy atom. The third kappa shape index (κ3) is 2.75. The molecule has 106 valence electrons. The SMILES string of the molecule is CCCNCc1csc(-c2cc(Cl)c3c(c2)OCO3)n1. The van der Waals surface area contributed by atoms with Crippen molar-refractivity contribution in [3.05, 3.63) is 28.2 Å². The number of rotatable bonds is 5. The Hall–Kier alpha value is -1.30. The molecule has 0 saturated heterocycles. The summed E-state index contributed by atoms with van der Waals surface area (Å²) in [5.41, 5.74) is 2.01. The summed E-state index contributed by atoms with van der Waals surface area (Å²) in [7, 11) is 0. The molecule has 1 aliphatic heterocycles. The molecule has 0 unspecified atom stereocenters. The lowest BCUT2D eigenvalue weighted by Gasteiger charge is -2.02. The van der Waals surface area contributed by atoms with Gasteiger partial charge in [-0.15, -0.1) is 11.3 Å². The van der Waals surface area contributed by atoms with E-state index in [1.54, 1.807) is 11.3 Å². The number of fused-ring (bicyclic) bond motifs is 1. The van der Waals surface area contributed by atoms with Crippen LogP contribution >= 0.6 is 22.9 Å². The maximum atomic E-state index is 6.19. The fourth-order valence-corrected chi connectivity index (χ4v) is 3.08. The van der Waals surface area contributed by atoms with E-state index in [0.29, 0.717) is 16.5 Å². The van der Waals surface area contributed by atoms with Crippen molar-refractivity contribution < 1.29 is 9.47 Å². The highest BCUT2D eigenvalue weighted by atomic mass is 35.5. The van der Waals surface area contributed by atoms with Crippen LogP contribution in [-0.2, 0) is 6.54 Å². The maximum absolute atomic E-state index is 6.19. The van der Waals surface area contributed by atoms with Gasteiger partial charge in [-0.2, -0.15) is 0 Å². The Morgan fingerprint density at radius 2 is 2.30 bits per heavy atom. The molecule has 1 aliphatic rings. The highest BCUT2D eigenvalue weighted by molar-refractivity contribution is 7.13. The molecule has 4 nitrogen and oxygen atoms in total. The molecule has 1 N–H and O–H groups in total. The Bertz CT molecular complexity index is 615. The molecule has 0 bridgehead atoms. The number of aromatic nitrogens is 1. The van der Waals surface area contributed by atoms with Crippen LogP contribution in [0.3, 0.4) is 0 Å². The van der Waals surface area contributed by atoms with Crippen LogP contribution in [0.5, 0.6) is 11.5 Å². The number of ether oxygens (including phenoxy) is 2. The van der Waals surface area contributed by atoms with Crippen LogP contribution in [0.2, 0.25) is 5.02 Å². The molecule has 6 heteroatoms. The minimum atomic E-state index is 0.225. The molecule has 2 aromatic rings. The third-order valence-corrected chi connectivity index (χ3v) is 4.18. The van der Waals surface area contributed by atoms with Crippen LogP contribution in [0.15, 0.2) is 17.5 Å². The van der Waals surface area contributed by atoms with E-state index in [1.165, 1.54) is 0 Å². The normalized spacial score (nSPS) is 12.9. The lowest BCUT2D eigenvalue weighted by atomic mass is 10.2. The molecular weight excluding hydrogens is 296 g/mol. The van der Waals surface area contributed by atoms with Gasteiger partial charge in [0.05, 0.1) is 10.7 Å². The summed E-state index contributed by atoms with van der Waals surface area (Å²) in [6, 6.07) is 3.80. The fraction of sp³-hybridized carbons (Fsp3) is 0.357. The minimum Gasteiger partial charge on any atom is -0.454 e. The summed E-state index contributed by atoms with van der Waals surface area (Å²) in [4.78, 5) is 4.62. The molecule has 0 atom stereocenters. The molecular formula is C14H15ClN2O2S. The summed E-state index contributed by atoms with van der Waals surface area (Å²) >= 11 is 7.80. The van der Waals surface area contributed by atoms with Crippen LogP contribution < -0.4 is 14.8 Å². The predicted molar refractivity (Wildman–Crippen MR) is 80.7 cm³/mol. The molecule has 0 saturated carbocycles. The number of nitrogens with zero attached hydrogens (tertiary/aromatic N) is 1. The van der Waals surface area contributed by atoms with E-state index in [-0.39, 0.29) is 6.79 Å². The number of hydrogen-bond acceptors (Lipinski definition) is 5. The molecule has 1 aromatic carbocycles. The Labute approximate surface area is 126 Å². The quantitative estimate of drug-likeness (QED) is 0.855. The van der Waals surface area contributed by atoms with Gasteiger partial charge in [-0.05, 0) is 25.1 Å². The van der Waals surface area contributed by atoms with Gasteiger partial charge < -0.3 is 14.8 Å². The minimum absolute atomic E-state index is 0.225. The molecule has 0 aliphatic carbocycles. The van der Waals surface area contributed by atoms with Crippen molar-refractivity contribution >= 4 is 22.9 Å². The predicted octanol–water partition coefficient (Wildman–Crippen LogP) is 3.69. The molecule has 2 heterocycles. The van der Waals surface area contributed by atoms with Crippen LogP contribution in [0.1, 0.15) is 19.0 Å². The van der Waals surface area contributed by atoms with Gasteiger partial charge in [0.2, 0.25) is 6.79 Å². The second-order valence-corrected chi connectivity index (χ2v) is 5.78. The molecule has 1 aromatic heterocycles. The van der Waals surface area contributed by atoms with Crippen LogP contribution in [0.25, 0.3) is 10.6 Å². The highest BCUT2D eigenvalue weighted by Gasteiger charge is 2.19. The summed E-state index contributed by atoms with van der Waals surface area (Å²) < 4.78 is 10.7. The van der Waals surface area contributed by atoms with E-state index in [0.717, 1.165) is 35.8 Å². The van der Waals surface area contributed by atoms with E-state index in [2.05, 4.69) is 22.6 Å². The average molecular weight is 311 g/mol. The molecule has 0 radical (unpaired) electrons. The van der Waals surface area contributed by atoms with Crippen molar-refractivity contribution in [1.29, 1.82) is 0 Å². The summed E-state index contributed by atoms with van der Waals surface area (Å²) in [6.45, 7) is 4.17. The van der Waals surface area contributed by atoms with Crippen LogP contribution in [0, 0.1) is 0 Å². The number of nitrogens with one attached hydrogen (secondary N) is 1. The Kier molecular flexibility index (Phi) is 4.10. The van der Waals surface area contributed by atoms with Crippen LogP contribution in [-0.4, -0.2) is 18.3 Å². The van der Waals surface area contributed by atoms with Gasteiger partial charge in [0.25, 0.3) is 0 Å². The monoisotopic (exact) mass is 310 g/mol. The van der Waals surface area contributed by atoms with Gasteiger partial charge in [0, 0.05) is 17.5 Å². The zero-order valence-electron chi connectivity index (χ0n) is 11.1. The van der Waals surface area contributed by atoms with Crippen molar-refractivity contribution in [1.82, 2.24) is 10.3 Å². The molecule has 0 fully saturated rings. The average Bonchev–Trinajstić information content (AvgIpc) is 3.07. The summed E-state index contributed by atoms with van der Waals surface area (Å²) in [5.74, 6) is 1.31. The second-order valence-electron chi connectivity index (χ2n) is 4.51. The summed E-state index contributed by atoms with van der Waals surface area (Å²) in [5, 5.41) is 6.92. The van der Waals surface area contributed by atoms with Crippen LogP contribution in [0.4, 0.5) is 0 Å². The first-order valence-corrected chi connectivity index (χ1v) is 7.78. The molecule has 3 rings (SSSR count). The Morgan fingerprint density at radius 3 is 3.15 bits per heavy atom. The number of thiazole rings is 1. The Balaban J connectivity index is 1.81. The molecule has 0 spiro atoms. The van der Waals surface area contributed by atoms with E-state index in [9.17, 15) is 0 Å². The number of hydrogen-bond donors (Lipinski definition) is 1. The molecule has 0 amide bonds. The van der Waals surface area contributed by atoms with Crippen molar-refractivity contribution in [2.24, 2.45) is 0 Å². The number of halogens is 1. The van der Waals surface area contributed by atoms with E-state index < -0.39 is 0 Å². The van der Waals surface area contributed by atoms with E-state index in [1.807, 2.05) is 12.1 Å².